The molecule has 0 aliphatic carbocycles. The van der Waals surface area contributed by atoms with Crippen molar-refractivity contribution in [3.8, 4) is 0 Å². The fourth-order valence-electron chi connectivity index (χ4n) is 2.18. The molecule has 0 spiro atoms. The Morgan fingerprint density at radius 2 is 1.95 bits per heavy atom. The lowest BCUT2D eigenvalue weighted by Gasteiger charge is -2.18. The van der Waals surface area contributed by atoms with Gasteiger partial charge in [-0.2, -0.15) is 0 Å². The maximum atomic E-state index is 6.25. The lowest BCUT2D eigenvalue weighted by atomic mass is 10.0. The lowest BCUT2D eigenvalue weighted by molar-refractivity contribution is 0.308. The molecule has 1 unspecified atom stereocenters. The molecule has 20 heavy (non-hydrogen) atoms. The number of nitrogens with zero attached hydrogens (tertiary/aromatic N) is 2. The van der Waals surface area contributed by atoms with Crippen molar-refractivity contribution < 1.29 is 0 Å². The third-order valence-corrected chi connectivity index (χ3v) is 4.25. The van der Waals surface area contributed by atoms with Gasteiger partial charge in [0.1, 0.15) is 0 Å². The van der Waals surface area contributed by atoms with Gasteiger partial charge in [-0.3, -0.25) is 0 Å². The molecule has 1 heterocycles. The normalized spacial score (nSPS) is 12.8. The smallest absolute Gasteiger partial charge is 0.0897 e. The molecule has 0 saturated carbocycles. The van der Waals surface area contributed by atoms with Crippen LogP contribution in [0.5, 0.6) is 0 Å². The quantitative estimate of drug-likeness (QED) is 0.887. The van der Waals surface area contributed by atoms with Crippen molar-refractivity contribution in [2.24, 2.45) is 5.73 Å². The highest BCUT2D eigenvalue weighted by atomic mass is 32.1. The number of hydrogen-bond donors (Lipinski definition) is 1. The van der Waals surface area contributed by atoms with Crippen LogP contribution in [0.1, 0.15) is 34.3 Å². The first-order valence-corrected chi connectivity index (χ1v) is 7.84. The molecule has 108 valence electrons. The van der Waals surface area contributed by atoms with Crippen LogP contribution in [0, 0.1) is 13.8 Å². The summed E-state index contributed by atoms with van der Waals surface area (Å²) in [5.74, 6) is 0. The third-order valence-electron chi connectivity index (χ3n) is 3.43. The highest BCUT2D eigenvalue weighted by Gasteiger charge is 2.09. The molecule has 1 atom stereocenters. The van der Waals surface area contributed by atoms with E-state index in [9.17, 15) is 0 Å². The zero-order chi connectivity index (χ0) is 14.5. The van der Waals surface area contributed by atoms with Gasteiger partial charge >= 0.3 is 0 Å². The zero-order valence-corrected chi connectivity index (χ0v) is 13.3. The molecule has 1 aromatic carbocycles. The van der Waals surface area contributed by atoms with E-state index in [4.69, 9.17) is 5.73 Å². The van der Waals surface area contributed by atoms with E-state index in [2.05, 4.69) is 53.5 Å². The number of benzene rings is 1. The van der Waals surface area contributed by atoms with Crippen LogP contribution in [0.4, 0.5) is 0 Å². The maximum Gasteiger partial charge on any atom is 0.0897 e. The molecule has 0 bridgehead atoms. The predicted molar refractivity (Wildman–Crippen MR) is 85.9 cm³/mol. The van der Waals surface area contributed by atoms with Crippen molar-refractivity contribution in [2.45, 2.75) is 32.9 Å². The monoisotopic (exact) mass is 289 g/mol. The SMILES string of the molecule is Cc1ccc(C(N)CCN(C)Cc2csc(C)n2)cc1. The number of thiazole rings is 1. The first kappa shape index (κ1) is 15.2. The molecule has 0 aliphatic heterocycles. The Labute approximate surface area is 125 Å². The van der Waals surface area contributed by atoms with Gasteiger partial charge in [0, 0.05) is 24.5 Å². The average Bonchev–Trinajstić information content (AvgIpc) is 2.82. The van der Waals surface area contributed by atoms with Crippen LogP contribution >= 0.6 is 11.3 Å². The molecule has 0 fully saturated rings. The van der Waals surface area contributed by atoms with E-state index in [-0.39, 0.29) is 6.04 Å². The summed E-state index contributed by atoms with van der Waals surface area (Å²) >= 11 is 1.71. The molecule has 2 rings (SSSR count). The van der Waals surface area contributed by atoms with E-state index in [1.807, 2.05) is 6.92 Å². The molecule has 2 aromatic rings. The van der Waals surface area contributed by atoms with E-state index < -0.39 is 0 Å². The van der Waals surface area contributed by atoms with Gasteiger partial charge < -0.3 is 10.6 Å². The molecule has 4 heteroatoms. The van der Waals surface area contributed by atoms with E-state index >= 15 is 0 Å². The molecule has 1 aromatic heterocycles. The van der Waals surface area contributed by atoms with Crippen molar-refractivity contribution in [3.05, 3.63) is 51.5 Å². The second-order valence-electron chi connectivity index (χ2n) is 5.40. The Bertz CT molecular complexity index is 533. The Morgan fingerprint density at radius 1 is 1.25 bits per heavy atom. The van der Waals surface area contributed by atoms with E-state index in [0.29, 0.717) is 0 Å². The van der Waals surface area contributed by atoms with Crippen molar-refractivity contribution >= 4 is 11.3 Å². The Morgan fingerprint density at radius 3 is 2.55 bits per heavy atom. The standard InChI is InChI=1S/C16H23N3S/c1-12-4-6-14(7-5-12)16(17)8-9-19(3)10-15-11-20-13(2)18-15/h4-7,11,16H,8-10,17H2,1-3H3. The molecular weight excluding hydrogens is 266 g/mol. The largest absolute Gasteiger partial charge is 0.324 e. The maximum absolute atomic E-state index is 6.25. The third kappa shape index (κ3) is 4.40. The fourth-order valence-corrected chi connectivity index (χ4v) is 2.78. The van der Waals surface area contributed by atoms with Crippen molar-refractivity contribution in [3.63, 3.8) is 0 Å². The summed E-state index contributed by atoms with van der Waals surface area (Å²) in [6.07, 6.45) is 0.961. The molecule has 0 aliphatic rings. The highest BCUT2D eigenvalue weighted by molar-refractivity contribution is 7.09. The highest BCUT2D eigenvalue weighted by Crippen LogP contribution is 2.16. The summed E-state index contributed by atoms with van der Waals surface area (Å²) in [7, 11) is 2.12. The minimum atomic E-state index is 0.107. The van der Waals surface area contributed by atoms with Crippen molar-refractivity contribution in [1.82, 2.24) is 9.88 Å². The Hall–Kier alpha value is -1.23. The summed E-state index contributed by atoms with van der Waals surface area (Å²) in [6.45, 7) is 6.01. The number of nitrogens with two attached hydrogens (primary N) is 1. The second kappa shape index (κ2) is 6.97. The van der Waals surface area contributed by atoms with Gasteiger partial charge in [0.25, 0.3) is 0 Å². The van der Waals surface area contributed by atoms with E-state index in [0.717, 1.165) is 30.2 Å². The van der Waals surface area contributed by atoms with Crippen molar-refractivity contribution in [2.75, 3.05) is 13.6 Å². The molecule has 0 saturated heterocycles. The summed E-state index contributed by atoms with van der Waals surface area (Å²) in [6, 6.07) is 8.61. The summed E-state index contributed by atoms with van der Waals surface area (Å²) in [5.41, 5.74) is 9.89. The minimum Gasteiger partial charge on any atom is -0.324 e. The summed E-state index contributed by atoms with van der Waals surface area (Å²) < 4.78 is 0. The van der Waals surface area contributed by atoms with E-state index in [1.165, 1.54) is 11.1 Å². The van der Waals surface area contributed by atoms with Crippen LogP contribution in [-0.4, -0.2) is 23.5 Å². The van der Waals surface area contributed by atoms with Crippen LogP contribution in [0.15, 0.2) is 29.6 Å². The number of aryl methyl sites for hydroxylation is 2. The molecule has 3 nitrogen and oxygen atoms in total. The predicted octanol–water partition coefficient (Wildman–Crippen LogP) is 3.28. The van der Waals surface area contributed by atoms with E-state index in [1.54, 1.807) is 11.3 Å². The first-order chi connectivity index (χ1) is 9.54. The van der Waals surface area contributed by atoms with Gasteiger partial charge in [-0.15, -0.1) is 11.3 Å². The Kier molecular flexibility index (Phi) is 5.29. The first-order valence-electron chi connectivity index (χ1n) is 6.96. The number of hydrogen-bond acceptors (Lipinski definition) is 4. The Balaban J connectivity index is 1.80. The van der Waals surface area contributed by atoms with Gasteiger partial charge in [-0.25, -0.2) is 4.98 Å². The zero-order valence-electron chi connectivity index (χ0n) is 12.5. The average molecular weight is 289 g/mol. The number of aromatic nitrogens is 1. The van der Waals surface area contributed by atoms with Gasteiger partial charge in [-0.05, 0) is 32.9 Å². The van der Waals surface area contributed by atoms with Crippen LogP contribution in [-0.2, 0) is 6.54 Å². The summed E-state index contributed by atoms with van der Waals surface area (Å²) in [5, 5.41) is 3.26. The number of rotatable bonds is 6. The second-order valence-corrected chi connectivity index (χ2v) is 6.46. The lowest BCUT2D eigenvalue weighted by Crippen LogP contribution is -2.23. The topological polar surface area (TPSA) is 42.1 Å². The minimum absolute atomic E-state index is 0.107. The fraction of sp³-hybridized carbons (Fsp3) is 0.438. The van der Waals surface area contributed by atoms with Gasteiger partial charge in [0.2, 0.25) is 0 Å². The van der Waals surface area contributed by atoms with Crippen molar-refractivity contribution in [1.29, 1.82) is 0 Å². The molecular formula is C16H23N3S. The van der Waals surface area contributed by atoms with Crippen LogP contribution < -0.4 is 5.73 Å². The molecule has 2 N–H and O–H groups in total. The molecule has 0 radical (unpaired) electrons. The summed E-state index contributed by atoms with van der Waals surface area (Å²) in [4.78, 5) is 6.77. The molecule has 0 amide bonds. The van der Waals surface area contributed by atoms with Crippen LogP contribution in [0.3, 0.4) is 0 Å². The van der Waals surface area contributed by atoms with Crippen LogP contribution in [0.2, 0.25) is 0 Å². The van der Waals surface area contributed by atoms with Gasteiger partial charge in [0.15, 0.2) is 0 Å². The van der Waals surface area contributed by atoms with Gasteiger partial charge in [-0.1, -0.05) is 29.8 Å². The van der Waals surface area contributed by atoms with Crippen LogP contribution in [0.25, 0.3) is 0 Å². The van der Waals surface area contributed by atoms with Gasteiger partial charge in [0.05, 0.1) is 10.7 Å².